The van der Waals surface area contributed by atoms with E-state index in [2.05, 4.69) is 10.3 Å². The molecule has 0 spiro atoms. The van der Waals surface area contributed by atoms with Crippen molar-refractivity contribution in [2.75, 3.05) is 19.0 Å². The monoisotopic (exact) mass is 341 g/mol. The molecule has 1 N–H and O–H groups in total. The van der Waals surface area contributed by atoms with Gasteiger partial charge < -0.3 is 15.0 Å². The Morgan fingerprint density at radius 1 is 1.28 bits per heavy atom. The second kappa shape index (κ2) is 8.82. The van der Waals surface area contributed by atoms with Crippen LogP contribution >= 0.6 is 0 Å². The minimum Gasteiger partial charge on any atom is -0.495 e. The molecule has 0 radical (unpaired) electrons. The van der Waals surface area contributed by atoms with Gasteiger partial charge >= 0.3 is 0 Å². The molecule has 25 heavy (non-hydrogen) atoms. The predicted octanol–water partition coefficient (Wildman–Crippen LogP) is 2.78. The van der Waals surface area contributed by atoms with Crippen molar-refractivity contribution >= 4 is 17.5 Å². The number of nitrogens with zero attached hydrogens (tertiary/aromatic N) is 2. The number of carbonyl (C=O) groups excluding carboxylic acids is 2. The Labute approximate surface area is 147 Å². The van der Waals surface area contributed by atoms with Gasteiger partial charge in [0.05, 0.1) is 12.8 Å². The maximum atomic E-state index is 12.3. The number of ether oxygens (including phenoxy) is 1. The Kier molecular flexibility index (Phi) is 6.51. The van der Waals surface area contributed by atoms with Gasteiger partial charge in [0.1, 0.15) is 5.75 Å². The van der Waals surface area contributed by atoms with Crippen LogP contribution in [0.1, 0.15) is 24.5 Å². The molecule has 0 unspecified atom stereocenters. The lowest BCUT2D eigenvalue weighted by molar-refractivity contribution is -0.129. The first-order valence-electron chi connectivity index (χ1n) is 8.08. The first-order chi connectivity index (χ1) is 12.0. The number of amides is 2. The van der Waals surface area contributed by atoms with Crippen LogP contribution in [0.4, 0.5) is 5.69 Å². The number of anilines is 1. The van der Waals surface area contributed by atoms with E-state index in [1.807, 2.05) is 37.3 Å². The molecule has 0 saturated carbocycles. The van der Waals surface area contributed by atoms with E-state index >= 15 is 0 Å². The summed E-state index contributed by atoms with van der Waals surface area (Å²) in [5, 5.41) is 2.85. The summed E-state index contributed by atoms with van der Waals surface area (Å²) in [6.45, 7) is 4.22. The fourth-order valence-corrected chi connectivity index (χ4v) is 2.43. The summed E-state index contributed by atoms with van der Waals surface area (Å²) < 4.78 is 5.26. The minimum atomic E-state index is -0.165. The van der Waals surface area contributed by atoms with Gasteiger partial charge in [-0.25, -0.2) is 0 Å². The third-order valence-corrected chi connectivity index (χ3v) is 3.78. The van der Waals surface area contributed by atoms with Gasteiger partial charge in [0.25, 0.3) is 0 Å². The van der Waals surface area contributed by atoms with Gasteiger partial charge in [0.15, 0.2) is 0 Å². The van der Waals surface area contributed by atoms with E-state index in [-0.39, 0.29) is 18.2 Å². The van der Waals surface area contributed by atoms with Crippen LogP contribution in [0.25, 0.3) is 0 Å². The number of hydrogen-bond acceptors (Lipinski definition) is 4. The molecule has 0 saturated heterocycles. The maximum Gasteiger partial charge on any atom is 0.226 e. The summed E-state index contributed by atoms with van der Waals surface area (Å²) in [7, 11) is 1.56. The van der Waals surface area contributed by atoms with Crippen LogP contribution in [0.3, 0.4) is 0 Å². The van der Waals surface area contributed by atoms with Crippen molar-refractivity contribution in [3.05, 3.63) is 53.9 Å². The second-order valence-electron chi connectivity index (χ2n) is 5.80. The molecule has 1 aromatic carbocycles. The number of methoxy groups -OCH3 is 1. The fraction of sp³-hybridized carbons (Fsp3) is 0.316. The van der Waals surface area contributed by atoms with Gasteiger partial charge in [-0.15, -0.1) is 0 Å². The van der Waals surface area contributed by atoms with Crippen LogP contribution < -0.4 is 10.1 Å². The lowest BCUT2D eigenvalue weighted by Crippen LogP contribution is -2.31. The molecular formula is C19H23N3O3. The topological polar surface area (TPSA) is 71.5 Å². The largest absolute Gasteiger partial charge is 0.495 e. The van der Waals surface area contributed by atoms with Crippen molar-refractivity contribution in [3.63, 3.8) is 0 Å². The van der Waals surface area contributed by atoms with Crippen LogP contribution in [0.5, 0.6) is 5.75 Å². The number of aryl methyl sites for hydroxylation is 1. The molecule has 2 rings (SSSR count). The van der Waals surface area contributed by atoms with Crippen molar-refractivity contribution in [1.82, 2.24) is 9.88 Å². The molecule has 0 fully saturated rings. The number of pyridine rings is 1. The number of carbonyl (C=O) groups is 2. The highest BCUT2D eigenvalue weighted by Gasteiger charge is 2.13. The number of rotatable bonds is 7. The first kappa shape index (κ1) is 18.4. The minimum absolute atomic E-state index is 0.0789. The maximum absolute atomic E-state index is 12.3. The van der Waals surface area contributed by atoms with Gasteiger partial charge in [-0.05, 0) is 36.2 Å². The van der Waals surface area contributed by atoms with E-state index in [1.165, 1.54) is 6.92 Å². The first-order valence-corrected chi connectivity index (χ1v) is 8.08. The molecule has 6 nitrogen and oxygen atoms in total. The van der Waals surface area contributed by atoms with Crippen molar-refractivity contribution in [3.8, 4) is 5.75 Å². The van der Waals surface area contributed by atoms with Crippen molar-refractivity contribution in [1.29, 1.82) is 0 Å². The fourth-order valence-electron chi connectivity index (χ4n) is 2.43. The Morgan fingerprint density at radius 2 is 2.08 bits per heavy atom. The van der Waals surface area contributed by atoms with Crippen molar-refractivity contribution in [2.45, 2.75) is 26.8 Å². The highest BCUT2D eigenvalue weighted by Crippen LogP contribution is 2.25. The summed E-state index contributed by atoms with van der Waals surface area (Å²) in [6, 6.07) is 9.31. The van der Waals surface area contributed by atoms with Crippen LogP contribution in [-0.2, 0) is 16.1 Å². The summed E-state index contributed by atoms with van der Waals surface area (Å²) >= 11 is 0. The summed E-state index contributed by atoms with van der Waals surface area (Å²) in [5.41, 5.74) is 2.59. The number of aromatic nitrogens is 1. The van der Waals surface area contributed by atoms with Gasteiger partial charge in [-0.1, -0.05) is 12.1 Å². The van der Waals surface area contributed by atoms with Gasteiger partial charge in [0.2, 0.25) is 11.8 Å². The van der Waals surface area contributed by atoms with E-state index in [4.69, 9.17) is 4.74 Å². The lowest BCUT2D eigenvalue weighted by Gasteiger charge is -2.21. The predicted molar refractivity (Wildman–Crippen MR) is 96.3 cm³/mol. The van der Waals surface area contributed by atoms with E-state index in [9.17, 15) is 9.59 Å². The average molecular weight is 341 g/mol. The van der Waals surface area contributed by atoms with E-state index in [0.29, 0.717) is 24.5 Å². The number of benzene rings is 1. The zero-order chi connectivity index (χ0) is 18.2. The zero-order valence-electron chi connectivity index (χ0n) is 14.8. The quantitative estimate of drug-likeness (QED) is 0.840. The smallest absolute Gasteiger partial charge is 0.226 e. The molecule has 0 aliphatic carbocycles. The molecule has 0 atom stereocenters. The Morgan fingerprint density at radius 3 is 2.72 bits per heavy atom. The normalized spacial score (nSPS) is 10.2. The van der Waals surface area contributed by atoms with E-state index < -0.39 is 0 Å². The highest BCUT2D eigenvalue weighted by atomic mass is 16.5. The average Bonchev–Trinajstić information content (AvgIpc) is 2.59. The molecule has 132 valence electrons. The Balaban J connectivity index is 1.95. The zero-order valence-corrected chi connectivity index (χ0v) is 14.8. The lowest BCUT2D eigenvalue weighted by atomic mass is 10.2. The molecule has 2 aromatic rings. The Hall–Kier alpha value is -2.89. The molecule has 6 heteroatoms. The number of nitrogens with one attached hydrogen (secondary N) is 1. The molecule has 2 amide bonds. The highest BCUT2D eigenvalue weighted by molar-refractivity contribution is 5.92. The van der Waals surface area contributed by atoms with Crippen LogP contribution in [0, 0.1) is 6.92 Å². The summed E-state index contributed by atoms with van der Waals surface area (Å²) in [6.07, 6.45) is 3.61. The molecule has 0 aliphatic rings. The summed E-state index contributed by atoms with van der Waals surface area (Å²) in [5.74, 6) is 0.365. The van der Waals surface area contributed by atoms with E-state index in [1.54, 1.807) is 24.4 Å². The molecular weight excluding hydrogens is 318 g/mol. The van der Waals surface area contributed by atoms with Gasteiger partial charge in [0, 0.05) is 38.8 Å². The second-order valence-corrected chi connectivity index (χ2v) is 5.80. The SMILES string of the molecule is COc1ccc(C)cc1NC(=O)CCN(Cc1cccnc1)C(C)=O. The van der Waals surface area contributed by atoms with Crippen LogP contribution in [0.15, 0.2) is 42.7 Å². The van der Waals surface area contributed by atoms with E-state index in [0.717, 1.165) is 11.1 Å². The third kappa shape index (κ3) is 5.60. The standard InChI is InChI=1S/C19H23N3O3/c1-14-6-7-18(25-3)17(11-14)21-19(24)8-10-22(15(2)23)13-16-5-4-9-20-12-16/h4-7,9,11-12H,8,10,13H2,1-3H3,(H,21,24). The van der Waals surface area contributed by atoms with Crippen LogP contribution in [-0.4, -0.2) is 35.4 Å². The van der Waals surface area contributed by atoms with Crippen LogP contribution in [0.2, 0.25) is 0 Å². The van der Waals surface area contributed by atoms with Crippen molar-refractivity contribution < 1.29 is 14.3 Å². The molecule has 0 bridgehead atoms. The van der Waals surface area contributed by atoms with Gasteiger partial charge in [-0.3, -0.25) is 14.6 Å². The van der Waals surface area contributed by atoms with Gasteiger partial charge in [-0.2, -0.15) is 0 Å². The molecule has 1 aromatic heterocycles. The third-order valence-electron chi connectivity index (χ3n) is 3.78. The number of hydrogen-bond donors (Lipinski definition) is 1. The molecule has 1 heterocycles. The van der Waals surface area contributed by atoms with Crippen molar-refractivity contribution in [2.24, 2.45) is 0 Å². The molecule has 0 aliphatic heterocycles. The Bertz CT molecular complexity index is 732. The summed E-state index contributed by atoms with van der Waals surface area (Å²) in [4.78, 5) is 29.7.